The van der Waals surface area contributed by atoms with Crippen LogP contribution in [-0.2, 0) is 4.79 Å². The molecule has 0 spiro atoms. The summed E-state index contributed by atoms with van der Waals surface area (Å²) in [6.07, 6.45) is 0. The second-order valence-electron chi connectivity index (χ2n) is 3.01. The van der Waals surface area contributed by atoms with Gasteiger partial charge in [0.2, 0.25) is 5.91 Å². The third kappa shape index (κ3) is 4.72. The molecule has 0 unspecified atom stereocenters. The van der Waals surface area contributed by atoms with E-state index >= 15 is 0 Å². The molecule has 1 N–H and O–H groups in total. The summed E-state index contributed by atoms with van der Waals surface area (Å²) in [5.74, 6) is 0.674. The molecule has 0 atom stereocenters. The third-order valence-electron chi connectivity index (χ3n) is 1.70. The van der Waals surface area contributed by atoms with Crippen LogP contribution in [0.15, 0.2) is 34.3 Å². The van der Waals surface area contributed by atoms with Gasteiger partial charge in [-0.2, -0.15) is 0 Å². The Balaban J connectivity index is 2.44. The van der Waals surface area contributed by atoms with Crippen molar-refractivity contribution in [1.29, 1.82) is 0 Å². The molecule has 5 nitrogen and oxygen atoms in total. The fraction of sp³-hybridized carbons (Fsp3) is 0.300. The van der Waals surface area contributed by atoms with Gasteiger partial charge in [0, 0.05) is 34.7 Å². The topological polar surface area (TPSA) is 77.9 Å². The smallest absolute Gasteiger partial charge is 0.221 e. The molecule has 0 saturated heterocycles. The molecule has 1 rings (SSSR count). The van der Waals surface area contributed by atoms with Crippen LogP contribution in [0.1, 0.15) is 6.92 Å². The van der Waals surface area contributed by atoms with Crippen LogP contribution in [0, 0.1) is 0 Å². The quantitative estimate of drug-likeness (QED) is 0.280. The lowest BCUT2D eigenvalue weighted by Gasteiger charge is -2.03. The van der Waals surface area contributed by atoms with E-state index in [1.165, 1.54) is 6.92 Å². The number of nitrogens with zero attached hydrogens (tertiary/aromatic N) is 3. The van der Waals surface area contributed by atoms with Crippen LogP contribution in [0.5, 0.6) is 0 Å². The highest BCUT2D eigenvalue weighted by Crippen LogP contribution is 2.20. The van der Waals surface area contributed by atoms with E-state index in [-0.39, 0.29) is 5.91 Å². The number of rotatable bonds is 5. The van der Waals surface area contributed by atoms with Gasteiger partial charge in [0.25, 0.3) is 0 Å². The van der Waals surface area contributed by atoms with Gasteiger partial charge in [-0.1, -0.05) is 5.11 Å². The maximum absolute atomic E-state index is 10.8. The maximum Gasteiger partial charge on any atom is 0.221 e. The second-order valence-corrected chi connectivity index (χ2v) is 4.18. The number of thioether (sulfide) groups is 1. The predicted molar refractivity (Wildman–Crippen MR) is 65.5 cm³/mol. The van der Waals surface area contributed by atoms with Crippen molar-refractivity contribution in [2.24, 2.45) is 5.11 Å². The number of nitrogens with one attached hydrogen (secondary N) is 1. The summed E-state index contributed by atoms with van der Waals surface area (Å²) in [6.45, 7) is 1.96. The van der Waals surface area contributed by atoms with Gasteiger partial charge < -0.3 is 5.32 Å². The van der Waals surface area contributed by atoms with Gasteiger partial charge in [0.05, 0.1) is 0 Å². The van der Waals surface area contributed by atoms with E-state index in [1.807, 2.05) is 24.3 Å². The molecule has 0 saturated carbocycles. The number of hydrogen-bond acceptors (Lipinski definition) is 3. The molecule has 0 aliphatic heterocycles. The number of azide groups is 1. The van der Waals surface area contributed by atoms with E-state index in [9.17, 15) is 4.79 Å². The Labute approximate surface area is 97.9 Å². The van der Waals surface area contributed by atoms with Crippen molar-refractivity contribution in [2.45, 2.75) is 11.8 Å². The maximum atomic E-state index is 10.8. The van der Waals surface area contributed by atoms with Crippen LogP contribution in [0.3, 0.4) is 0 Å². The molecule has 1 aromatic carbocycles. The minimum absolute atomic E-state index is 0.0799. The van der Waals surface area contributed by atoms with Crippen molar-refractivity contribution in [2.75, 3.05) is 17.6 Å². The Bertz CT molecular complexity index is 398. The summed E-state index contributed by atoms with van der Waals surface area (Å²) in [6, 6.07) is 7.53. The molecule has 0 aliphatic rings. The molecule has 16 heavy (non-hydrogen) atoms. The molecule has 0 aliphatic carbocycles. The molecule has 0 bridgehead atoms. The fourth-order valence-corrected chi connectivity index (χ4v) is 1.82. The van der Waals surface area contributed by atoms with Crippen LogP contribution >= 0.6 is 11.8 Å². The molecule has 0 heterocycles. The van der Waals surface area contributed by atoms with Gasteiger partial charge in [0.1, 0.15) is 0 Å². The van der Waals surface area contributed by atoms with Gasteiger partial charge >= 0.3 is 0 Å². The Hall–Kier alpha value is -1.65. The standard InChI is InChI=1S/C10H12N4OS/c1-8(15)13-9-2-4-10(5-3-9)16-7-6-12-14-11/h2-5H,6-7H2,1H3,(H,13,15). The first kappa shape index (κ1) is 12.4. The van der Waals surface area contributed by atoms with Gasteiger partial charge in [-0.15, -0.1) is 11.8 Å². The van der Waals surface area contributed by atoms with Crippen molar-refractivity contribution in [3.05, 3.63) is 34.7 Å². The van der Waals surface area contributed by atoms with Gasteiger partial charge in [-0.25, -0.2) is 0 Å². The molecular formula is C10H12N4OS. The lowest BCUT2D eigenvalue weighted by molar-refractivity contribution is -0.114. The van der Waals surface area contributed by atoms with Crippen molar-refractivity contribution < 1.29 is 4.79 Å². The number of carbonyl (C=O) groups excluding carboxylic acids is 1. The van der Waals surface area contributed by atoms with Crippen molar-refractivity contribution in [1.82, 2.24) is 0 Å². The first-order valence-electron chi connectivity index (χ1n) is 4.73. The lowest BCUT2D eigenvalue weighted by Crippen LogP contribution is -2.05. The van der Waals surface area contributed by atoms with Gasteiger partial charge in [-0.05, 0) is 29.8 Å². The highest BCUT2D eigenvalue weighted by atomic mass is 32.2. The minimum Gasteiger partial charge on any atom is -0.326 e. The van der Waals surface area contributed by atoms with E-state index in [1.54, 1.807) is 11.8 Å². The Kier molecular flexibility index (Phi) is 5.25. The zero-order chi connectivity index (χ0) is 11.8. The average molecular weight is 236 g/mol. The SMILES string of the molecule is CC(=O)Nc1ccc(SCCN=[N+]=[N-])cc1. The highest BCUT2D eigenvalue weighted by Gasteiger charge is 1.96. The second kappa shape index (κ2) is 6.76. The van der Waals surface area contributed by atoms with E-state index in [0.29, 0.717) is 6.54 Å². The summed E-state index contributed by atoms with van der Waals surface area (Å²) in [5, 5.41) is 6.14. The van der Waals surface area contributed by atoms with Crippen LogP contribution in [0.4, 0.5) is 5.69 Å². The summed E-state index contributed by atoms with van der Waals surface area (Å²) in [5.41, 5.74) is 8.88. The number of carbonyl (C=O) groups is 1. The number of anilines is 1. The van der Waals surface area contributed by atoms with Gasteiger partial charge in [0.15, 0.2) is 0 Å². The number of hydrogen-bond donors (Lipinski definition) is 1. The van der Waals surface area contributed by atoms with E-state index in [4.69, 9.17) is 5.53 Å². The summed E-state index contributed by atoms with van der Waals surface area (Å²) < 4.78 is 0. The highest BCUT2D eigenvalue weighted by molar-refractivity contribution is 7.99. The first-order chi connectivity index (χ1) is 7.72. The number of benzene rings is 1. The molecule has 0 aromatic heterocycles. The largest absolute Gasteiger partial charge is 0.326 e. The Morgan fingerprint density at radius 2 is 2.19 bits per heavy atom. The predicted octanol–water partition coefficient (Wildman–Crippen LogP) is 3.05. The zero-order valence-electron chi connectivity index (χ0n) is 8.88. The van der Waals surface area contributed by atoms with E-state index in [2.05, 4.69) is 15.3 Å². The molecule has 1 aromatic rings. The average Bonchev–Trinajstić information content (AvgIpc) is 2.26. The fourth-order valence-electron chi connectivity index (χ4n) is 1.09. The monoisotopic (exact) mass is 236 g/mol. The molecule has 1 amide bonds. The molecule has 0 radical (unpaired) electrons. The normalized spacial score (nSPS) is 9.31. The zero-order valence-corrected chi connectivity index (χ0v) is 9.70. The number of amides is 1. The van der Waals surface area contributed by atoms with Crippen molar-refractivity contribution in [3.63, 3.8) is 0 Å². The van der Waals surface area contributed by atoms with Crippen LogP contribution in [0.25, 0.3) is 10.4 Å². The van der Waals surface area contributed by atoms with Crippen molar-refractivity contribution in [3.8, 4) is 0 Å². The van der Waals surface area contributed by atoms with Crippen LogP contribution in [-0.4, -0.2) is 18.2 Å². The third-order valence-corrected chi connectivity index (χ3v) is 2.69. The molecular weight excluding hydrogens is 224 g/mol. The van der Waals surface area contributed by atoms with Crippen molar-refractivity contribution >= 4 is 23.4 Å². The van der Waals surface area contributed by atoms with Crippen LogP contribution < -0.4 is 5.32 Å². The minimum atomic E-state index is -0.0799. The van der Waals surface area contributed by atoms with E-state index in [0.717, 1.165) is 16.3 Å². The summed E-state index contributed by atoms with van der Waals surface area (Å²) >= 11 is 1.61. The molecule has 84 valence electrons. The Morgan fingerprint density at radius 1 is 1.50 bits per heavy atom. The Morgan fingerprint density at radius 3 is 2.75 bits per heavy atom. The lowest BCUT2D eigenvalue weighted by atomic mass is 10.3. The van der Waals surface area contributed by atoms with Crippen LogP contribution in [0.2, 0.25) is 0 Å². The first-order valence-corrected chi connectivity index (χ1v) is 5.72. The summed E-state index contributed by atoms with van der Waals surface area (Å²) in [4.78, 5) is 14.5. The summed E-state index contributed by atoms with van der Waals surface area (Å²) in [7, 11) is 0. The molecule has 6 heteroatoms. The van der Waals surface area contributed by atoms with Gasteiger partial charge in [-0.3, -0.25) is 4.79 Å². The van der Waals surface area contributed by atoms with E-state index < -0.39 is 0 Å². The molecule has 0 fully saturated rings.